The van der Waals surface area contributed by atoms with Crippen molar-refractivity contribution in [3.8, 4) is 11.8 Å². The van der Waals surface area contributed by atoms with Crippen molar-refractivity contribution in [2.24, 2.45) is 0 Å². The molecule has 2 N–H and O–H groups in total. The third-order valence-corrected chi connectivity index (χ3v) is 5.22. The van der Waals surface area contributed by atoms with Crippen LogP contribution in [0.1, 0.15) is 5.56 Å². The van der Waals surface area contributed by atoms with Crippen molar-refractivity contribution in [1.29, 1.82) is 5.26 Å². The van der Waals surface area contributed by atoms with Gasteiger partial charge in [-0.15, -0.1) is 0 Å². The molecule has 0 atom stereocenters. The van der Waals surface area contributed by atoms with Gasteiger partial charge in [0.25, 0.3) is 11.8 Å². The lowest BCUT2D eigenvalue weighted by atomic mass is 10.1. The number of para-hydroxylation sites is 2. The lowest BCUT2D eigenvalue weighted by Crippen LogP contribution is -2.20. The molecule has 6 nitrogen and oxygen atoms in total. The molecule has 0 aliphatic heterocycles. The number of amides is 2. The average molecular weight is 501 g/mol. The van der Waals surface area contributed by atoms with Gasteiger partial charge in [-0.1, -0.05) is 65.1 Å². The van der Waals surface area contributed by atoms with E-state index in [1.54, 1.807) is 54.6 Å². The van der Waals surface area contributed by atoms with Crippen molar-refractivity contribution in [3.63, 3.8) is 0 Å². The molecular formula is C24H16Cl3N3O3. The summed E-state index contributed by atoms with van der Waals surface area (Å²) < 4.78 is 5.47. The SMILES string of the molecule is N#C/C(=C\c1ccc(OCC(=O)Nc2ccccc2Cl)c(Cl)c1)C(=O)Nc1ccccc1Cl. The van der Waals surface area contributed by atoms with Crippen LogP contribution in [0.4, 0.5) is 11.4 Å². The van der Waals surface area contributed by atoms with E-state index in [2.05, 4.69) is 10.6 Å². The van der Waals surface area contributed by atoms with Crippen LogP contribution in [0.2, 0.25) is 15.1 Å². The molecule has 0 radical (unpaired) electrons. The van der Waals surface area contributed by atoms with E-state index in [4.69, 9.17) is 39.5 Å². The topological polar surface area (TPSA) is 91.2 Å². The van der Waals surface area contributed by atoms with E-state index in [-0.39, 0.29) is 23.0 Å². The number of anilines is 2. The number of hydrogen-bond donors (Lipinski definition) is 2. The van der Waals surface area contributed by atoms with Crippen LogP contribution in [0.25, 0.3) is 6.08 Å². The molecule has 0 saturated heterocycles. The van der Waals surface area contributed by atoms with Gasteiger partial charge in [-0.25, -0.2) is 0 Å². The summed E-state index contributed by atoms with van der Waals surface area (Å²) in [7, 11) is 0. The van der Waals surface area contributed by atoms with Gasteiger partial charge < -0.3 is 15.4 Å². The van der Waals surface area contributed by atoms with Crippen molar-refractivity contribution in [3.05, 3.63) is 92.9 Å². The van der Waals surface area contributed by atoms with Crippen molar-refractivity contribution in [2.45, 2.75) is 0 Å². The molecule has 3 aromatic carbocycles. The number of nitriles is 1. The maximum atomic E-state index is 12.4. The maximum absolute atomic E-state index is 12.4. The highest BCUT2D eigenvalue weighted by atomic mass is 35.5. The van der Waals surface area contributed by atoms with Crippen LogP contribution in [-0.4, -0.2) is 18.4 Å². The second-order valence-electron chi connectivity index (χ2n) is 6.61. The lowest BCUT2D eigenvalue weighted by Gasteiger charge is -2.10. The minimum Gasteiger partial charge on any atom is -0.482 e. The van der Waals surface area contributed by atoms with Gasteiger partial charge in [0.05, 0.1) is 26.4 Å². The van der Waals surface area contributed by atoms with E-state index >= 15 is 0 Å². The average Bonchev–Trinajstić information content (AvgIpc) is 2.80. The molecule has 0 heterocycles. The van der Waals surface area contributed by atoms with E-state index in [1.807, 2.05) is 6.07 Å². The van der Waals surface area contributed by atoms with Gasteiger partial charge in [0, 0.05) is 0 Å². The van der Waals surface area contributed by atoms with Crippen LogP contribution < -0.4 is 15.4 Å². The highest BCUT2D eigenvalue weighted by Crippen LogP contribution is 2.27. The molecule has 33 heavy (non-hydrogen) atoms. The second kappa shape index (κ2) is 11.4. The highest BCUT2D eigenvalue weighted by Gasteiger charge is 2.13. The Balaban J connectivity index is 1.65. The van der Waals surface area contributed by atoms with Gasteiger partial charge in [0.15, 0.2) is 6.61 Å². The van der Waals surface area contributed by atoms with E-state index in [0.29, 0.717) is 27.0 Å². The molecule has 0 bridgehead atoms. The Morgan fingerprint density at radius 3 is 2.06 bits per heavy atom. The first-order chi connectivity index (χ1) is 15.9. The third-order valence-electron chi connectivity index (χ3n) is 4.26. The third kappa shape index (κ3) is 6.74. The van der Waals surface area contributed by atoms with Crippen molar-refractivity contribution in [1.82, 2.24) is 0 Å². The summed E-state index contributed by atoms with van der Waals surface area (Å²) in [6, 6.07) is 20.0. The molecule has 2 amide bonds. The fourth-order valence-corrected chi connectivity index (χ4v) is 3.29. The minimum atomic E-state index is -0.613. The molecule has 3 aromatic rings. The molecule has 3 rings (SSSR count). The van der Waals surface area contributed by atoms with Crippen LogP contribution in [0.15, 0.2) is 72.3 Å². The van der Waals surface area contributed by atoms with Gasteiger partial charge in [0.1, 0.15) is 17.4 Å². The normalized spacial score (nSPS) is 10.8. The van der Waals surface area contributed by atoms with Crippen molar-refractivity contribution >= 4 is 64.1 Å². The molecule has 0 spiro atoms. The summed E-state index contributed by atoms with van der Waals surface area (Å²) in [5.74, 6) is -0.758. The highest BCUT2D eigenvalue weighted by molar-refractivity contribution is 6.34. The molecule has 0 unspecified atom stereocenters. The molecule has 166 valence electrons. The van der Waals surface area contributed by atoms with Gasteiger partial charge >= 0.3 is 0 Å². The number of hydrogen-bond acceptors (Lipinski definition) is 4. The number of rotatable bonds is 7. The fourth-order valence-electron chi connectivity index (χ4n) is 2.68. The first kappa shape index (κ1) is 24.1. The first-order valence-electron chi connectivity index (χ1n) is 9.52. The zero-order chi connectivity index (χ0) is 23.8. The maximum Gasteiger partial charge on any atom is 0.266 e. The Hall–Kier alpha value is -3.50. The summed E-state index contributed by atoms with van der Waals surface area (Å²) in [4.78, 5) is 24.5. The van der Waals surface area contributed by atoms with E-state index in [0.717, 1.165) is 0 Å². The molecule has 0 aliphatic carbocycles. The van der Waals surface area contributed by atoms with E-state index in [1.165, 1.54) is 18.2 Å². The summed E-state index contributed by atoms with van der Waals surface area (Å²) in [6.45, 7) is -0.288. The van der Waals surface area contributed by atoms with Crippen LogP contribution in [0, 0.1) is 11.3 Å². The van der Waals surface area contributed by atoms with Crippen molar-refractivity contribution < 1.29 is 14.3 Å². The quantitative estimate of drug-likeness (QED) is 0.298. The van der Waals surface area contributed by atoms with Crippen LogP contribution in [-0.2, 0) is 9.59 Å². The number of carbonyl (C=O) groups is 2. The van der Waals surface area contributed by atoms with E-state index < -0.39 is 11.8 Å². The summed E-state index contributed by atoms with van der Waals surface area (Å²) in [6.07, 6.45) is 1.38. The molecule has 0 saturated carbocycles. The minimum absolute atomic E-state index is 0.140. The summed E-state index contributed by atoms with van der Waals surface area (Å²) in [5, 5.41) is 15.6. The number of benzene rings is 3. The monoisotopic (exact) mass is 499 g/mol. The fraction of sp³-hybridized carbons (Fsp3) is 0.0417. The summed E-state index contributed by atoms with van der Waals surface area (Å²) >= 11 is 18.3. The van der Waals surface area contributed by atoms with Crippen LogP contribution >= 0.6 is 34.8 Å². The Morgan fingerprint density at radius 2 is 1.48 bits per heavy atom. The number of nitrogens with zero attached hydrogens (tertiary/aromatic N) is 1. The van der Waals surface area contributed by atoms with Crippen molar-refractivity contribution in [2.75, 3.05) is 17.2 Å². The predicted octanol–water partition coefficient (Wildman–Crippen LogP) is 6.21. The number of ether oxygens (including phenoxy) is 1. The zero-order valence-corrected chi connectivity index (χ0v) is 19.2. The number of nitrogens with one attached hydrogen (secondary N) is 2. The smallest absolute Gasteiger partial charge is 0.266 e. The zero-order valence-electron chi connectivity index (χ0n) is 16.9. The van der Waals surface area contributed by atoms with Gasteiger partial charge in [0.2, 0.25) is 0 Å². The Morgan fingerprint density at radius 1 is 0.879 bits per heavy atom. The number of carbonyl (C=O) groups excluding carboxylic acids is 2. The van der Waals surface area contributed by atoms with Gasteiger partial charge in [-0.05, 0) is 48.0 Å². The number of halogens is 3. The predicted molar refractivity (Wildman–Crippen MR) is 131 cm³/mol. The molecule has 0 fully saturated rings. The molecular weight excluding hydrogens is 485 g/mol. The Kier molecular flexibility index (Phi) is 8.34. The lowest BCUT2D eigenvalue weighted by molar-refractivity contribution is -0.118. The first-order valence-corrected chi connectivity index (χ1v) is 10.6. The molecule has 0 aromatic heterocycles. The largest absolute Gasteiger partial charge is 0.482 e. The van der Waals surface area contributed by atoms with Gasteiger partial charge in [-0.3, -0.25) is 9.59 Å². The standard InChI is InChI=1S/C24H16Cl3N3O3/c25-17-5-1-3-7-20(17)29-23(31)14-33-22-10-9-15(12-19(22)27)11-16(13-28)24(32)30-21-8-4-2-6-18(21)26/h1-12H,14H2,(H,29,31)(H,30,32)/b16-11+. The van der Waals surface area contributed by atoms with E-state index in [9.17, 15) is 14.9 Å². The Bertz CT molecular complexity index is 1270. The summed E-state index contributed by atoms with van der Waals surface area (Å²) in [5.41, 5.74) is 1.22. The second-order valence-corrected chi connectivity index (χ2v) is 7.83. The van der Waals surface area contributed by atoms with Crippen LogP contribution in [0.3, 0.4) is 0 Å². The molecule has 9 heteroatoms. The van der Waals surface area contributed by atoms with Gasteiger partial charge in [-0.2, -0.15) is 5.26 Å². The van der Waals surface area contributed by atoms with Crippen LogP contribution in [0.5, 0.6) is 5.75 Å². The molecule has 0 aliphatic rings. The Labute approximate surface area is 205 Å².